The van der Waals surface area contributed by atoms with Crippen molar-refractivity contribution in [3.63, 3.8) is 0 Å². The molecule has 0 aromatic rings. The molecule has 1 unspecified atom stereocenters. The fourth-order valence-corrected chi connectivity index (χ4v) is 1.34. The first kappa shape index (κ1) is 9.95. The van der Waals surface area contributed by atoms with Gasteiger partial charge >= 0.3 is 0 Å². The third-order valence-corrected chi connectivity index (χ3v) is 3.32. The first-order valence-corrected chi connectivity index (χ1v) is 5.70. The molecule has 0 aromatic carbocycles. The Labute approximate surface area is 73.1 Å². The van der Waals surface area contributed by atoms with Crippen LogP contribution >= 0.6 is 0 Å². The lowest BCUT2D eigenvalue weighted by atomic mass is 10.3. The molecule has 1 rings (SSSR count). The third kappa shape index (κ3) is 3.51. The Bertz CT molecular complexity index is 233. The summed E-state index contributed by atoms with van der Waals surface area (Å²) in [5.41, 5.74) is 0. The van der Waals surface area contributed by atoms with Crippen LogP contribution in [0.15, 0.2) is 0 Å². The van der Waals surface area contributed by atoms with Crippen molar-refractivity contribution in [2.45, 2.75) is 37.5 Å². The summed E-state index contributed by atoms with van der Waals surface area (Å²) < 4.78 is 29.7. The number of rotatable bonds is 5. The molecule has 0 aliphatic heterocycles. The first-order valence-electron chi connectivity index (χ1n) is 4.20. The van der Waals surface area contributed by atoms with Crippen LogP contribution in [0.3, 0.4) is 0 Å². The highest BCUT2D eigenvalue weighted by Crippen LogP contribution is 2.18. The summed E-state index contributed by atoms with van der Waals surface area (Å²) in [6.45, 7) is 2.19. The Hall–Kier alpha value is -0.130. The van der Waals surface area contributed by atoms with Gasteiger partial charge < -0.3 is 5.32 Å². The molecule has 2 N–H and O–H groups in total. The molecule has 1 aliphatic rings. The van der Waals surface area contributed by atoms with E-state index in [4.69, 9.17) is 4.55 Å². The SMILES string of the molecule is CC(CCNC1CC1)S(=O)(=O)O. The van der Waals surface area contributed by atoms with Crippen molar-refractivity contribution < 1.29 is 13.0 Å². The average Bonchev–Trinajstić information content (AvgIpc) is 2.69. The molecule has 72 valence electrons. The van der Waals surface area contributed by atoms with Crippen LogP contribution in [0, 0.1) is 0 Å². The molecule has 5 heteroatoms. The Morgan fingerprint density at radius 2 is 2.17 bits per heavy atom. The predicted molar refractivity (Wildman–Crippen MR) is 46.7 cm³/mol. The van der Waals surface area contributed by atoms with E-state index in [0.717, 1.165) is 0 Å². The van der Waals surface area contributed by atoms with E-state index in [2.05, 4.69) is 5.32 Å². The van der Waals surface area contributed by atoms with Crippen LogP contribution in [0.5, 0.6) is 0 Å². The maximum atomic E-state index is 10.6. The molecule has 0 saturated heterocycles. The molecule has 1 saturated carbocycles. The van der Waals surface area contributed by atoms with E-state index in [1.165, 1.54) is 19.8 Å². The van der Waals surface area contributed by atoms with Gasteiger partial charge in [0.15, 0.2) is 0 Å². The summed E-state index contributed by atoms with van der Waals surface area (Å²) in [6, 6.07) is 0.596. The van der Waals surface area contributed by atoms with Gasteiger partial charge in [-0.1, -0.05) is 0 Å². The van der Waals surface area contributed by atoms with Gasteiger partial charge in [0.2, 0.25) is 0 Å². The summed E-state index contributed by atoms with van der Waals surface area (Å²) in [6.07, 6.45) is 2.87. The molecule has 0 bridgehead atoms. The first-order chi connectivity index (χ1) is 5.50. The summed E-state index contributed by atoms with van der Waals surface area (Å²) in [5.74, 6) is 0. The van der Waals surface area contributed by atoms with Crippen LogP contribution in [0.1, 0.15) is 26.2 Å². The zero-order chi connectivity index (χ0) is 9.19. The van der Waals surface area contributed by atoms with Crippen LogP contribution in [-0.2, 0) is 10.1 Å². The third-order valence-electron chi connectivity index (χ3n) is 2.07. The molecule has 1 aliphatic carbocycles. The second kappa shape index (κ2) is 3.72. The van der Waals surface area contributed by atoms with E-state index in [-0.39, 0.29) is 0 Å². The van der Waals surface area contributed by atoms with Crippen LogP contribution in [0.2, 0.25) is 0 Å². The molecule has 0 amide bonds. The smallest absolute Gasteiger partial charge is 0.267 e. The van der Waals surface area contributed by atoms with Crippen molar-refractivity contribution >= 4 is 10.1 Å². The van der Waals surface area contributed by atoms with Gasteiger partial charge in [0.1, 0.15) is 0 Å². The topological polar surface area (TPSA) is 66.4 Å². The Balaban J connectivity index is 2.12. The molecular weight excluding hydrogens is 178 g/mol. The van der Waals surface area contributed by atoms with Gasteiger partial charge in [-0.25, -0.2) is 0 Å². The van der Waals surface area contributed by atoms with E-state index in [1.807, 2.05) is 0 Å². The number of hydrogen-bond donors (Lipinski definition) is 2. The molecule has 0 heterocycles. The lowest BCUT2D eigenvalue weighted by Crippen LogP contribution is -2.25. The Morgan fingerprint density at radius 1 is 1.58 bits per heavy atom. The molecule has 1 atom stereocenters. The zero-order valence-electron chi connectivity index (χ0n) is 7.16. The van der Waals surface area contributed by atoms with E-state index in [1.54, 1.807) is 0 Å². The van der Waals surface area contributed by atoms with E-state index in [9.17, 15) is 8.42 Å². The Morgan fingerprint density at radius 3 is 2.58 bits per heavy atom. The molecule has 0 spiro atoms. The zero-order valence-corrected chi connectivity index (χ0v) is 7.97. The summed E-state index contributed by atoms with van der Waals surface area (Å²) in [7, 11) is -3.82. The van der Waals surface area contributed by atoms with Crippen molar-refractivity contribution in [3.8, 4) is 0 Å². The maximum Gasteiger partial charge on any atom is 0.267 e. The van der Waals surface area contributed by atoms with Crippen LogP contribution < -0.4 is 5.32 Å². The minimum absolute atomic E-state index is 0.481. The largest absolute Gasteiger partial charge is 0.314 e. The molecule has 4 nitrogen and oxygen atoms in total. The summed E-state index contributed by atoms with van der Waals surface area (Å²) in [4.78, 5) is 0. The van der Waals surface area contributed by atoms with Gasteiger partial charge in [-0.15, -0.1) is 0 Å². The van der Waals surface area contributed by atoms with Gasteiger partial charge in [-0.2, -0.15) is 8.42 Å². The highest BCUT2D eigenvalue weighted by molar-refractivity contribution is 7.86. The molecule has 12 heavy (non-hydrogen) atoms. The fraction of sp³-hybridized carbons (Fsp3) is 1.00. The highest BCUT2D eigenvalue weighted by Gasteiger charge is 2.22. The van der Waals surface area contributed by atoms with Gasteiger partial charge in [0.05, 0.1) is 5.25 Å². The van der Waals surface area contributed by atoms with E-state index >= 15 is 0 Å². The fourth-order valence-electron chi connectivity index (χ4n) is 0.927. The maximum absolute atomic E-state index is 10.6. The van der Waals surface area contributed by atoms with Crippen molar-refractivity contribution in [2.24, 2.45) is 0 Å². The molecule has 1 fully saturated rings. The number of nitrogens with one attached hydrogen (secondary N) is 1. The lowest BCUT2D eigenvalue weighted by molar-refractivity contribution is 0.463. The standard InChI is InChI=1S/C7H15NO3S/c1-6(12(9,10)11)4-5-8-7-2-3-7/h6-8H,2-5H2,1H3,(H,9,10,11). The van der Waals surface area contributed by atoms with Crippen molar-refractivity contribution in [3.05, 3.63) is 0 Å². The van der Waals surface area contributed by atoms with Crippen LogP contribution in [0.4, 0.5) is 0 Å². The quantitative estimate of drug-likeness (QED) is 0.620. The second-order valence-corrected chi connectivity index (χ2v) is 5.18. The van der Waals surface area contributed by atoms with Gasteiger partial charge in [-0.3, -0.25) is 4.55 Å². The highest BCUT2D eigenvalue weighted by atomic mass is 32.2. The van der Waals surface area contributed by atoms with Crippen molar-refractivity contribution in [1.82, 2.24) is 5.32 Å². The molecule has 0 radical (unpaired) electrons. The minimum Gasteiger partial charge on any atom is -0.314 e. The van der Waals surface area contributed by atoms with Crippen molar-refractivity contribution in [2.75, 3.05) is 6.54 Å². The molecular formula is C7H15NO3S. The van der Waals surface area contributed by atoms with Gasteiger partial charge in [-0.05, 0) is 32.7 Å². The molecule has 0 aromatic heterocycles. The van der Waals surface area contributed by atoms with Crippen molar-refractivity contribution in [1.29, 1.82) is 0 Å². The monoisotopic (exact) mass is 193 g/mol. The van der Waals surface area contributed by atoms with Gasteiger partial charge in [0, 0.05) is 6.04 Å². The summed E-state index contributed by atoms with van der Waals surface area (Å²) >= 11 is 0. The van der Waals surface area contributed by atoms with Crippen LogP contribution in [-0.4, -0.2) is 30.8 Å². The number of hydrogen-bond acceptors (Lipinski definition) is 3. The Kier molecular flexibility index (Phi) is 3.09. The lowest BCUT2D eigenvalue weighted by Gasteiger charge is -2.07. The predicted octanol–water partition coefficient (Wildman–Crippen LogP) is 0.405. The van der Waals surface area contributed by atoms with E-state index < -0.39 is 15.4 Å². The summed E-state index contributed by atoms with van der Waals surface area (Å²) in [5, 5.41) is 2.53. The normalized spacial score (nSPS) is 20.8. The second-order valence-electron chi connectivity index (χ2n) is 3.34. The van der Waals surface area contributed by atoms with Crippen LogP contribution in [0.25, 0.3) is 0 Å². The average molecular weight is 193 g/mol. The van der Waals surface area contributed by atoms with E-state index in [0.29, 0.717) is 19.0 Å². The van der Waals surface area contributed by atoms with Gasteiger partial charge in [0.25, 0.3) is 10.1 Å². The minimum atomic E-state index is -3.82.